The zero-order chi connectivity index (χ0) is 20.2. The first kappa shape index (κ1) is 19.0. The topological polar surface area (TPSA) is 88.8 Å². The molecule has 0 bridgehead atoms. The fourth-order valence-corrected chi connectivity index (χ4v) is 3.66. The highest BCUT2D eigenvalue weighted by molar-refractivity contribution is 5.93. The molecule has 150 valence electrons. The molecule has 1 aliphatic heterocycles. The summed E-state index contributed by atoms with van der Waals surface area (Å²) in [6.07, 6.45) is 5.03. The summed E-state index contributed by atoms with van der Waals surface area (Å²) in [5.74, 6) is 0.684. The van der Waals surface area contributed by atoms with E-state index in [9.17, 15) is 4.79 Å². The SMILES string of the molecule is Cc1cc(C)nc(N2CCC[C@H](C(=O)Nc3ccc(Cn4cncn4)cc3)C2)n1. The normalized spacial score (nSPS) is 16.6. The van der Waals surface area contributed by atoms with Crippen molar-refractivity contribution < 1.29 is 4.79 Å². The molecule has 1 atom stereocenters. The first-order valence-corrected chi connectivity index (χ1v) is 9.86. The van der Waals surface area contributed by atoms with Gasteiger partial charge in [-0.15, -0.1) is 0 Å². The van der Waals surface area contributed by atoms with Gasteiger partial charge < -0.3 is 10.2 Å². The van der Waals surface area contributed by atoms with Crippen LogP contribution >= 0.6 is 0 Å². The zero-order valence-electron chi connectivity index (χ0n) is 16.7. The second kappa shape index (κ2) is 8.38. The summed E-state index contributed by atoms with van der Waals surface area (Å²) in [6.45, 7) is 6.11. The number of nitrogens with zero attached hydrogens (tertiary/aromatic N) is 6. The molecule has 0 unspecified atom stereocenters. The van der Waals surface area contributed by atoms with Gasteiger partial charge in [0, 0.05) is 30.2 Å². The van der Waals surface area contributed by atoms with Gasteiger partial charge in [0.05, 0.1) is 12.5 Å². The van der Waals surface area contributed by atoms with E-state index < -0.39 is 0 Å². The van der Waals surface area contributed by atoms with E-state index in [0.717, 1.165) is 48.0 Å². The summed E-state index contributed by atoms with van der Waals surface area (Å²) in [7, 11) is 0. The third-order valence-electron chi connectivity index (χ3n) is 5.08. The number of benzene rings is 1. The van der Waals surface area contributed by atoms with Crippen LogP contribution in [0.4, 0.5) is 11.6 Å². The summed E-state index contributed by atoms with van der Waals surface area (Å²) in [6, 6.07) is 9.81. The lowest BCUT2D eigenvalue weighted by molar-refractivity contribution is -0.120. The smallest absolute Gasteiger partial charge is 0.229 e. The third kappa shape index (κ3) is 4.77. The van der Waals surface area contributed by atoms with Crippen molar-refractivity contribution in [2.45, 2.75) is 33.2 Å². The number of rotatable bonds is 5. The Morgan fingerprint density at radius 3 is 2.62 bits per heavy atom. The lowest BCUT2D eigenvalue weighted by atomic mass is 9.97. The minimum absolute atomic E-state index is 0.0445. The molecule has 0 spiro atoms. The molecule has 3 heterocycles. The monoisotopic (exact) mass is 391 g/mol. The van der Waals surface area contributed by atoms with Gasteiger partial charge in [0.25, 0.3) is 0 Å². The van der Waals surface area contributed by atoms with Crippen molar-refractivity contribution in [1.29, 1.82) is 0 Å². The Balaban J connectivity index is 1.37. The first-order valence-electron chi connectivity index (χ1n) is 9.86. The van der Waals surface area contributed by atoms with Crippen molar-refractivity contribution in [3.05, 3.63) is 59.9 Å². The summed E-state index contributed by atoms with van der Waals surface area (Å²) in [5.41, 5.74) is 3.80. The van der Waals surface area contributed by atoms with Gasteiger partial charge in [0.2, 0.25) is 11.9 Å². The summed E-state index contributed by atoms with van der Waals surface area (Å²) in [4.78, 5) is 28.0. The number of hydrogen-bond acceptors (Lipinski definition) is 6. The number of anilines is 2. The number of carbonyl (C=O) groups is 1. The highest BCUT2D eigenvalue weighted by atomic mass is 16.1. The molecule has 8 heteroatoms. The van der Waals surface area contributed by atoms with Crippen molar-refractivity contribution in [3.8, 4) is 0 Å². The highest BCUT2D eigenvalue weighted by Gasteiger charge is 2.27. The van der Waals surface area contributed by atoms with Crippen LogP contribution in [0.25, 0.3) is 0 Å². The highest BCUT2D eigenvalue weighted by Crippen LogP contribution is 2.22. The molecular formula is C21H25N7O. The molecule has 29 heavy (non-hydrogen) atoms. The van der Waals surface area contributed by atoms with E-state index in [1.807, 2.05) is 44.2 Å². The quantitative estimate of drug-likeness (QED) is 0.719. The van der Waals surface area contributed by atoms with Gasteiger partial charge >= 0.3 is 0 Å². The van der Waals surface area contributed by atoms with Crippen LogP contribution in [0, 0.1) is 19.8 Å². The van der Waals surface area contributed by atoms with Crippen molar-refractivity contribution in [1.82, 2.24) is 24.7 Å². The second-order valence-electron chi connectivity index (χ2n) is 7.52. The number of carbonyl (C=O) groups excluding carboxylic acids is 1. The van der Waals surface area contributed by atoms with Crippen LogP contribution in [0.1, 0.15) is 29.8 Å². The number of aryl methyl sites for hydroxylation is 2. The number of hydrogen-bond donors (Lipinski definition) is 1. The van der Waals surface area contributed by atoms with Crippen LogP contribution < -0.4 is 10.2 Å². The minimum Gasteiger partial charge on any atom is -0.340 e. The predicted molar refractivity (Wildman–Crippen MR) is 111 cm³/mol. The summed E-state index contributed by atoms with van der Waals surface area (Å²) in [5, 5.41) is 7.16. The maximum Gasteiger partial charge on any atom is 0.229 e. The Hall–Kier alpha value is -3.29. The van der Waals surface area contributed by atoms with Gasteiger partial charge in [-0.3, -0.25) is 4.79 Å². The molecule has 1 aliphatic rings. The van der Waals surface area contributed by atoms with Gasteiger partial charge in [-0.1, -0.05) is 12.1 Å². The van der Waals surface area contributed by atoms with E-state index >= 15 is 0 Å². The molecule has 1 amide bonds. The Morgan fingerprint density at radius 1 is 1.17 bits per heavy atom. The van der Waals surface area contributed by atoms with Gasteiger partial charge in [-0.2, -0.15) is 5.10 Å². The predicted octanol–water partition coefficient (Wildman–Crippen LogP) is 2.59. The molecular weight excluding hydrogens is 366 g/mol. The van der Waals surface area contributed by atoms with Crippen LogP contribution in [-0.4, -0.2) is 43.7 Å². The Labute approximate surface area is 170 Å². The van der Waals surface area contributed by atoms with Gasteiger partial charge in [-0.05, 0) is 50.5 Å². The lowest BCUT2D eigenvalue weighted by Crippen LogP contribution is -2.41. The third-order valence-corrected chi connectivity index (χ3v) is 5.08. The van der Waals surface area contributed by atoms with Gasteiger partial charge in [0.1, 0.15) is 12.7 Å². The molecule has 1 fully saturated rings. The molecule has 4 rings (SSSR count). The summed E-state index contributed by atoms with van der Waals surface area (Å²) >= 11 is 0. The summed E-state index contributed by atoms with van der Waals surface area (Å²) < 4.78 is 1.76. The van der Waals surface area contributed by atoms with E-state index in [2.05, 4.69) is 30.3 Å². The van der Waals surface area contributed by atoms with Crippen LogP contribution in [0.2, 0.25) is 0 Å². The number of piperidine rings is 1. The molecule has 0 saturated carbocycles. The van der Waals surface area contributed by atoms with Crippen LogP contribution in [-0.2, 0) is 11.3 Å². The molecule has 1 N–H and O–H groups in total. The van der Waals surface area contributed by atoms with Crippen molar-refractivity contribution >= 4 is 17.5 Å². The maximum absolute atomic E-state index is 12.8. The van der Waals surface area contributed by atoms with Crippen molar-refractivity contribution in [2.24, 2.45) is 5.92 Å². The Kier molecular flexibility index (Phi) is 5.50. The number of amides is 1. The van der Waals surface area contributed by atoms with E-state index in [4.69, 9.17) is 0 Å². The number of aromatic nitrogens is 5. The van der Waals surface area contributed by atoms with E-state index in [1.54, 1.807) is 11.0 Å². The largest absolute Gasteiger partial charge is 0.340 e. The van der Waals surface area contributed by atoms with E-state index in [-0.39, 0.29) is 11.8 Å². The van der Waals surface area contributed by atoms with Crippen molar-refractivity contribution in [2.75, 3.05) is 23.3 Å². The van der Waals surface area contributed by atoms with Gasteiger partial charge in [0.15, 0.2) is 0 Å². The maximum atomic E-state index is 12.8. The molecule has 0 aliphatic carbocycles. The molecule has 1 aromatic carbocycles. The number of nitrogens with one attached hydrogen (secondary N) is 1. The Bertz CT molecular complexity index is 949. The molecule has 8 nitrogen and oxygen atoms in total. The first-order chi connectivity index (χ1) is 14.1. The second-order valence-corrected chi connectivity index (χ2v) is 7.52. The molecule has 3 aromatic rings. The molecule has 0 radical (unpaired) electrons. The standard InChI is InChI=1S/C21H25N7O/c1-15-10-16(2)25-21(24-15)27-9-3-4-18(12-27)20(29)26-19-7-5-17(6-8-19)11-28-14-22-13-23-28/h5-8,10,13-14,18H,3-4,9,11-12H2,1-2H3,(H,26,29)/t18-/m0/s1. The fraction of sp³-hybridized carbons (Fsp3) is 0.381. The Morgan fingerprint density at radius 2 is 1.93 bits per heavy atom. The van der Waals surface area contributed by atoms with Crippen LogP contribution in [0.3, 0.4) is 0 Å². The van der Waals surface area contributed by atoms with Crippen molar-refractivity contribution in [3.63, 3.8) is 0 Å². The average molecular weight is 391 g/mol. The minimum atomic E-state index is -0.0806. The van der Waals surface area contributed by atoms with Crippen LogP contribution in [0.5, 0.6) is 0 Å². The lowest BCUT2D eigenvalue weighted by Gasteiger charge is -2.32. The zero-order valence-corrected chi connectivity index (χ0v) is 16.7. The van der Waals surface area contributed by atoms with Gasteiger partial charge in [-0.25, -0.2) is 19.6 Å². The molecule has 1 saturated heterocycles. The fourth-order valence-electron chi connectivity index (χ4n) is 3.66. The van der Waals surface area contributed by atoms with E-state index in [0.29, 0.717) is 13.1 Å². The average Bonchev–Trinajstić information content (AvgIpc) is 3.22. The molecule has 2 aromatic heterocycles. The van der Waals surface area contributed by atoms with E-state index in [1.165, 1.54) is 6.33 Å². The van der Waals surface area contributed by atoms with Crippen LogP contribution in [0.15, 0.2) is 43.0 Å².